The number of benzene rings is 1. The second kappa shape index (κ2) is 8.72. The van der Waals surface area contributed by atoms with E-state index in [4.69, 9.17) is 4.74 Å². The minimum Gasteiger partial charge on any atom is -0.383 e. The fourth-order valence-corrected chi connectivity index (χ4v) is 1.86. The Morgan fingerprint density at radius 1 is 1.25 bits per heavy atom. The first-order valence-electron chi connectivity index (χ1n) is 7.08. The number of amides is 1. The molecule has 0 aromatic heterocycles. The fraction of sp³-hybridized carbons (Fsp3) is 0.562. The Hall–Kier alpha value is -1.39. The molecule has 2 N–H and O–H groups in total. The highest BCUT2D eigenvalue weighted by atomic mass is 16.5. The summed E-state index contributed by atoms with van der Waals surface area (Å²) in [5, 5.41) is 6.11. The zero-order chi connectivity index (χ0) is 14.8. The third kappa shape index (κ3) is 7.26. The minimum atomic E-state index is -0.0611. The number of methoxy groups -OCH3 is 1. The number of carbonyl (C=O) groups is 1. The summed E-state index contributed by atoms with van der Waals surface area (Å²) in [6, 6.07) is 10.4. The molecule has 4 nitrogen and oxygen atoms in total. The van der Waals surface area contributed by atoms with Crippen LogP contribution in [0.4, 0.5) is 0 Å². The van der Waals surface area contributed by atoms with Crippen molar-refractivity contribution in [2.24, 2.45) is 0 Å². The first-order valence-corrected chi connectivity index (χ1v) is 7.08. The van der Waals surface area contributed by atoms with Crippen LogP contribution in [0.1, 0.15) is 25.8 Å². The van der Waals surface area contributed by atoms with Crippen molar-refractivity contribution >= 4 is 5.91 Å². The predicted octanol–water partition coefficient (Wildman–Crippen LogP) is 1.75. The van der Waals surface area contributed by atoms with E-state index in [2.05, 4.69) is 48.7 Å². The van der Waals surface area contributed by atoms with Gasteiger partial charge in [0, 0.05) is 19.2 Å². The van der Waals surface area contributed by atoms with Crippen LogP contribution in [0.15, 0.2) is 30.3 Å². The molecule has 1 aromatic carbocycles. The van der Waals surface area contributed by atoms with E-state index < -0.39 is 0 Å². The van der Waals surface area contributed by atoms with Gasteiger partial charge in [0.15, 0.2) is 0 Å². The molecular formula is C16H26N2O2. The van der Waals surface area contributed by atoms with Crippen LogP contribution >= 0.6 is 0 Å². The lowest BCUT2D eigenvalue weighted by atomic mass is 9.95. The van der Waals surface area contributed by atoms with Gasteiger partial charge in [0.2, 0.25) is 5.91 Å². The van der Waals surface area contributed by atoms with E-state index in [1.165, 1.54) is 5.56 Å². The Morgan fingerprint density at radius 2 is 1.95 bits per heavy atom. The number of ether oxygens (including phenoxy) is 1. The lowest BCUT2D eigenvalue weighted by Gasteiger charge is -2.26. The maximum absolute atomic E-state index is 11.6. The number of carbonyl (C=O) groups excluding carboxylic acids is 1. The second-order valence-electron chi connectivity index (χ2n) is 5.57. The predicted molar refractivity (Wildman–Crippen MR) is 81.7 cm³/mol. The van der Waals surface area contributed by atoms with Gasteiger partial charge in [-0.3, -0.25) is 4.79 Å². The molecule has 0 bridgehead atoms. The van der Waals surface area contributed by atoms with Crippen LogP contribution in [0.25, 0.3) is 0 Å². The van der Waals surface area contributed by atoms with Crippen molar-refractivity contribution in [3.05, 3.63) is 35.9 Å². The Kier molecular flexibility index (Phi) is 7.26. The molecule has 20 heavy (non-hydrogen) atoms. The monoisotopic (exact) mass is 278 g/mol. The summed E-state index contributed by atoms with van der Waals surface area (Å²) in [7, 11) is 1.62. The van der Waals surface area contributed by atoms with Gasteiger partial charge in [-0.05, 0) is 32.3 Å². The highest BCUT2D eigenvalue weighted by molar-refractivity contribution is 5.78. The van der Waals surface area contributed by atoms with Crippen molar-refractivity contribution in [2.45, 2.75) is 32.2 Å². The van der Waals surface area contributed by atoms with Crippen LogP contribution in [-0.4, -0.2) is 38.3 Å². The molecule has 0 atom stereocenters. The Bertz CT molecular complexity index is 391. The van der Waals surface area contributed by atoms with Crippen LogP contribution in [0.2, 0.25) is 0 Å². The molecule has 0 fully saturated rings. The molecule has 0 aliphatic heterocycles. The molecule has 112 valence electrons. The Labute approximate surface area is 121 Å². The summed E-state index contributed by atoms with van der Waals surface area (Å²) in [6.07, 6.45) is 1.99. The van der Waals surface area contributed by atoms with Crippen molar-refractivity contribution in [1.29, 1.82) is 0 Å². The van der Waals surface area contributed by atoms with Gasteiger partial charge in [-0.25, -0.2) is 0 Å². The average Bonchev–Trinajstić information content (AvgIpc) is 2.45. The van der Waals surface area contributed by atoms with Gasteiger partial charge in [0.1, 0.15) is 0 Å². The number of aryl methyl sites for hydroxylation is 1. The summed E-state index contributed by atoms with van der Waals surface area (Å²) in [6.45, 7) is 5.69. The first kappa shape index (κ1) is 16.7. The van der Waals surface area contributed by atoms with Crippen LogP contribution in [0.5, 0.6) is 0 Å². The molecule has 0 aliphatic rings. The van der Waals surface area contributed by atoms with E-state index in [9.17, 15) is 4.79 Å². The highest BCUT2D eigenvalue weighted by Crippen LogP contribution is 2.13. The lowest BCUT2D eigenvalue weighted by Crippen LogP contribution is -2.46. The quantitative estimate of drug-likeness (QED) is 0.677. The molecule has 4 heteroatoms. The average molecular weight is 278 g/mol. The summed E-state index contributed by atoms with van der Waals surface area (Å²) >= 11 is 0. The topological polar surface area (TPSA) is 50.4 Å². The van der Waals surface area contributed by atoms with E-state index in [0.29, 0.717) is 19.7 Å². The van der Waals surface area contributed by atoms with Crippen molar-refractivity contribution < 1.29 is 9.53 Å². The van der Waals surface area contributed by atoms with E-state index in [0.717, 1.165) is 12.8 Å². The molecule has 0 saturated carbocycles. The third-order valence-electron chi connectivity index (χ3n) is 3.24. The molecule has 0 radical (unpaired) electrons. The standard InChI is InChI=1S/C16H26N2O2/c1-16(2,10-9-14-7-5-4-6-8-14)18-13-15(19)17-11-12-20-3/h4-8,18H,9-13H2,1-3H3,(H,17,19). The Morgan fingerprint density at radius 3 is 2.60 bits per heavy atom. The zero-order valence-corrected chi connectivity index (χ0v) is 12.7. The van der Waals surface area contributed by atoms with Crippen LogP contribution in [-0.2, 0) is 16.0 Å². The first-order chi connectivity index (χ1) is 9.53. The Balaban J connectivity index is 2.25. The molecule has 1 rings (SSSR count). The molecule has 0 saturated heterocycles. The van der Waals surface area contributed by atoms with Gasteiger partial charge in [-0.15, -0.1) is 0 Å². The molecule has 0 aliphatic carbocycles. The van der Waals surface area contributed by atoms with Gasteiger partial charge in [0.25, 0.3) is 0 Å². The fourth-order valence-electron chi connectivity index (χ4n) is 1.86. The molecular weight excluding hydrogens is 252 g/mol. The summed E-state index contributed by atoms with van der Waals surface area (Å²) in [5.41, 5.74) is 1.26. The second-order valence-corrected chi connectivity index (χ2v) is 5.57. The molecule has 0 heterocycles. The molecule has 0 unspecified atom stereocenters. The van der Waals surface area contributed by atoms with Gasteiger partial charge < -0.3 is 15.4 Å². The lowest BCUT2D eigenvalue weighted by molar-refractivity contribution is -0.120. The van der Waals surface area contributed by atoms with Crippen molar-refractivity contribution in [1.82, 2.24) is 10.6 Å². The van der Waals surface area contributed by atoms with Crippen molar-refractivity contribution in [3.63, 3.8) is 0 Å². The van der Waals surface area contributed by atoms with Gasteiger partial charge in [-0.2, -0.15) is 0 Å². The van der Waals surface area contributed by atoms with Gasteiger partial charge in [0.05, 0.1) is 13.2 Å². The number of rotatable bonds is 9. The maximum Gasteiger partial charge on any atom is 0.234 e. The van der Waals surface area contributed by atoms with E-state index in [-0.39, 0.29) is 11.4 Å². The summed E-state index contributed by atoms with van der Waals surface area (Å²) in [5.74, 6) is 0.00911. The van der Waals surface area contributed by atoms with Gasteiger partial charge >= 0.3 is 0 Å². The van der Waals surface area contributed by atoms with E-state index in [1.807, 2.05) is 6.07 Å². The van der Waals surface area contributed by atoms with Gasteiger partial charge in [-0.1, -0.05) is 30.3 Å². The number of hydrogen-bond acceptors (Lipinski definition) is 3. The SMILES string of the molecule is COCCNC(=O)CNC(C)(C)CCc1ccccc1. The van der Waals surface area contributed by atoms with Crippen molar-refractivity contribution in [2.75, 3.05) is 26.8 Å². The zero-order valence-electron chi connectivity index (χ0n) is 12.7. The highest BCUT2D eigenvalue weighted by Gasteiger charge is 2.17. The molecule has 1 amide bonds. The minimum absolute atomic E-state index is 0.00911. The normalized spacial score (nSPS) is 11.3. The van der Waals surface area contributed by atoms with E-state index >= 15 is 0 Å². The van der Waals surface area contributed by atoms with Crippen LogP contribution < -0.4 is 10.6 Å². The summed E-state index contributed by atoms with van der Waals surface area (Å²) < 4.78 is 4.89. The maximum atomic E-state index is 11.6. The largest absolute Gasteiger partial charge is 0.383 e. The summed E-state index contributed by atoms with van der Waals surface area (Å²) in [4.78, 5) is 11.6. The number of hydrogen-bond donors (Lipinski definition) is 2. The van der Waals surface area contributed by atoms with Crippen LogP contribution in [0, 0.1) is 0 Å². The molecule has 1 aromatic rings. The smallest absolute Gasteiger partial charge is 0.234 e. The number of nitrogens with one attached hydrogen (secondary N) is 2. The molecule has 0 spiro atoms. The van der Waals surface area contributed by atoms with Crippen LogP contribution in [0.3, 0.4) is 0 Å². The van der Waals surface area contributed by atoms with E-state index in [1.54, 1.807) is 7.11 Å². The third-order valence-corrected chi connectivity index (χ3v) is 3.24. The van der Waals surface area contributed by atoms with Crippen molar-refractivity contribution in [3.8, 4) is 0 Å².